The summed E-state index contributed by atoms with van der Waals surface area (Å²) in [6.07, 6.45) is 2.61. The van der Waals surface area contributed by atoms with Crippen LogP contribution in [0.1, 0.15) is 53.4 Å². The molecule has 116 valence electrons. The Morgan fingerprint density at radius 2 is 1.00 bits per heavy atom. The summed E-state index contributed by atoms with van der Waals surface area (Å²) >= 11 is 0. The molecule has 0 aromatic rings. The van der Waals surface area contributed by atoms with Gasteiger partial charge in [-0.3, -0.25) is 0 Å². The molecule has 2 aliphatic heterocycles. The van der Waals surface area contributed by atoms with Crippen LogP contribution < -0.4 is 0 Å². The first-order chi connectivity index (χ1) is 9.14. The maximum Gasteiger partial charge on any atom is 0.144 e. The third kappa shape index (κ3) is 1.86. The van der Waals surface area contributed by atoms with E-state index < -0.39 is 11.4 Å². The average Bonchev–Trinajstić information content (AvgIpc) is 2.75. The quantitative estimate of drug-likeness (QED) is 0.709. The van der Waals surface area contributed by atoms with E-state index in [0.29, 0.717) is 38.9 Å². The molecule has 3 rings (SSSR count). The zero-order valence-corrected chi connectivity index (χ0v) is 12.8. The van der Waals surface area contributed by atoms with Crippen LogP contribution in [0.25, 0.3) is 0 Å². The van der Waals surface area contributed by atoms with Gasteiger partial charge in [0.1, 0.15) is 11.4 Å². The first-order valence-electron chi connectivity index (χ1n) is 7.40. The molecular weight excluding hydrogens is 260 g/mol. The lowest BCUT2D eigenvalue weighted by Crippen LogP contribution is -2.58. The zero-order valence-electron chi connectivity index (χ0n) is 12.8. The van der Waals surface area contributed by atoms with Crippen molar-refractivity contribution >= 4 is 0 Å². The van der Waals surface area contributed by atoms with Crippen LogP contribution in [0.15, 0.2) is 0 Å². The Balaban J connectivity index is 1.75. The van der Waals surface area contributed by atoms with Crippen molar-refractivity contribution in [3.63, 3.8) is 0 Å². The minimum Gasteiger partial charge on any atom is -0.356 e. The van der Waals surface area contributed by atoms with Gasteiger partial charge in [-0.25, -0.2) is 0 Å². The average molecular weight is 286 g/mol. The SMILES string of the molecule is CC1(C)COC2(CCC3(CC2)OCC(C)(C)N3O)N1O. The molecule has 1 aliphatic carbocycles. The lowest BCUT2D eigenvalue weighted by atomic mass is 9.83. The fourth-order valence-corrected chi connectivity index (χ4v) is 3.71. The van der Waals surface area contributed by atoms with E-state index in [1.54, 1.807) is 0 Å². The first kappa shape index (κ1) is 14.7. The molecule has 0 aromatic carbocycles. The molecule has 2 N–H and O–H groups in total. The number of hydroxylamine groups is 4. The van der Waals surface area contributed by atoms with Crippen LogP contribution >= 0.6 is 0 Å². The van der Waals surface area contributed by atoms with E-state index in [1.807, 2.05) is 27.7 Å². The molecule has 2 saturated heterocycles. The minimum atomic E-state index is -0.619. The first-order valence-corrected chi connectivity index (χ1v) is 7.40. The van der Waals surface area contributed by atoms with Crippen LogP contribution in [0.3, 0.4) is 0 Å². The second-order valence-corrected chi connectivity index (χ2v) is 7.72. The Morgan fingerprint density at radius 1 is 0.700 bits per heavy atom. The highest BCUT2D eigenvalue weighted by Crippen LogP contribution is 2.50. The number of hydrogen-bond acceptors (Lipinski definition) is 6. The van der Waals surface area contributed by atoms with Gasteiger partial charge < -0.3 is 19.9 Å². The van der Waals surface area contributed by atoms with Crippen molar-refractivity contribution in [1.29, 1.82) is 0 Å². The Labute approximate surface area is 120 Å². The molecule has 3 aliphatic rings. The molecule has 2 spiro atoms. The summed E-state index contributed by atoms with van der Waals surface area (Å²) in [5, 5.41) is 23.6. The van der Waals surface area contributed by atoms with E-state index in [-0.39, 0.29) is 11.1 Å². The van der Waals surface area contributed by atoms with Gasteiger partial charge in [-0.1, -0.05) is 0 Å². The molecule has 6 nitrogen and oxygen atoms in total. The maximum absolute atomic E-state index is 10.4. The molecule has 0 amide bonds. The lowest BCUT2D eigenvalue weighted by molar-refractivity contribution is -0.308. The molecule has 1 saturated carbocycles. The van der Waals surface area contributed by atoms with Gasteiger partial charge in [0, 0.05) is 0 Å². The normalized spacial score (nSPS) is 44.7. The molecule has 0 radical (unpaired) electrons. The summed E-state index contributed by atoms with van der Waals surface area (Å²) in [5.74, 6) is 0. The molecule has 3 fully saturated rings. The predicted octanol–water partition coefficient (Wildman–Crippen LogP) is 1.95. The molecule has 0 atom stereocenters. The number of rotatable bonds is 0. The number of ether oxygens (including phenoxy) is 2. The van der Waals surface area contributed by atoms with E-state index in [0.717, 1.165) is 0 Å². The van der Waals surface area contributed by atoms with Crippen molar-refractivity contribution in [2.45, 2.75) is 75.9 Å². The Morgan fingerprint density at radius 3 is 1.20 bits per heavy atom. The predicted molar refractivity (Wildman–Crippen MR) is 71.2 cm³/mol. The lowest BCUT2D eigenvalue weighted by Gasteiger charge is -2.47. The fraction of sp³-hybridized carbons (Fsp3) is 1.00. The van der Waals surface area contributed by atoms with Crippen molar-refractivity contribution < 1.29 is 19.9 Å². The van der Waals surface area contributed by atoms with Crippen LogP contribution in [-0.4, -0.2) is 56.3 Å². The van der Waals surface area contributed by atoms with Gasteiger partial charge in [-0.2, -0.15) is 10.1 Å². The van der Waals surface area contributed by atoms with Gasteiger partial charge in [0.2, 0.25) is 0 Å². The second-order valence-electron chi connectivity index (χ2n) is 7.72. The molecule has 0 bridgehead atoms. The van der Waals surface area contributed by atoms with Crippen molar-refractivity contribution in [1.82, 2.24) is 10.1 Å². The fourth-order valence-electron chi connectivity index (χ4n) is 3.71. The monoisotopic (exact) mass is 286 g/mol. The van der Waals surface area contributed by atoms with Crippen molar-refractivity contribution in [2.24, 2.45) is 0 Å². The van der Waals surface area contributed by atoms with Crippen LogP contribution in [0.2, 0.25) is 0 Å². The highest BCUT2D eigenvalue weighted by molar-refractivity contribution is 5.03. The van der Waals surface area contributed by atoms with Crippen molar-refractivity contribution in [2.75, 3.05) is 13.2 Å². The Bertz CT molecular complexity index is 364. The second kappa shape index (κ2) is 4.15. The van der Waals surface area contributed by atoms with Gasteiger partial charge in [0.25, 0.3) is 0 Å². The summed E-state index contributed by atoms with van der Waals surface area (Å²) in [7, 11) is 0. The van der Waals surface area contributed by atoms with Crippen LogP contribution in [0.5, 0.6) is 0 Å². The summed E-state index contributed by atoms with van der Waals surface area (Å²) in [6, 6.07) is 0. The summed E-state index contributed by atoms with van der Waals surface area (Å²) in [4.78, 5) is 0. The molecule has 2 heterocycles. The highest BCUT2D eigenvalue weighted by atomic mass is 16.6. The van der Waals surface area contributed by atoms with Crippen molar-refractivity contribution in [3.05, 3.63) is 0 Å². The van der Waals surface area contributed by atoms with E-state index in [1.165, 1.54) is 10.1 Å². The highest BCUT2D eigenvalue weighted by Gasteiger charge is 2.60. The van der Waals surface area contributed by atoms with E-state index >= 15 is 0 Å². The number of nitrogens with zero attached hydrogens (tertiary/aromatic N) is 2. The Hall–Kier alpha value is -0.240. The standard InChI is InChI=1S/C14H26N2O4/c1-11(2)9-19-13(15(11)17)5-7-14(8-6-13)16(18)12(3,4)10-20-14/h17-18H,5-10H2,1-4H3. The van der Waals surface area contributed by atoms with Crippen molar-refractivity contribution in [3.8, 4) is 0 Å². The molecule has 0 unspecified atom stereocenters. The summed E-state index contributed by atoms with van der Waals surface area (Å²) < 4.78 is 11.8. The smallest absolute Gasteiger partial charge is 0.144 e. The van der Waals surface area contributed by atoms with Crippen LogP contribution in [0.4, 0.5) is 0 Å². The largest absolute Gasteiger partial charge is 0.356 e. The molecule has 6 heteroatoms. The summed E-state index contributed by atoms with van der Waals surface area (Å²) in [6.45, 7) is 8.93. The summed E-state index contributed by atoms with van der Waals surface area (Å²) in [5.41, 5.74) is -1.96. The van der Waals surface area contributed by atoms with Gasteiger partial charge in [-0.15, -0.1) is 0 Å². The number of hydrogen-bond donors (Lipinski definition) is 2. The van der Waals surface area contributed by atoms with Crippen LogP contribution in [-0.2, 0) is 9.47 Å². The Kier molecular flexibility index (Phi) is 3.05. The van der Waals surface area contributed by atoms with E-state index in [9.17, 15) is 10.4 Å². The zero-order chi connectivity index (χ0) is 14.8. The third-order valence-electron chi connectivity index (χ3n) is 5.12. The molecule has 0 aromatic heterocycles. The van der Waals surface area contributed by atoms with Gasteiger partial charge in [-0.05, 0) is 53.4 Å². The maximum atomic E-state index is 10.4. The van der Waals surface area contributed by atoms with E-state index in [4.69, 9.17) is 9.47 Å². The van der Waals surface area contributed by atoms with Gasteiger partial charge >= 0.3 is 0 Å². The minimum absolute atomic E-state index is 0.362. The topological polar surface area (TPSA) is 65.4 Å². The van der Waals surface area contributed by atoms with Gasteiger partial charge in [0.15, 0.2) is 0 Å². The van der Waals surface area contributed by atoms with E-state index in [2.05, 4.69) is 0 Å². The van der Waals surface area contributed by atoms with Gasteiger partial charge in [0.05, 0.1) is 24.3 Å². The molecule has 20 heavy (non-hydrogen) atoms. The van der Waals surface area contributed by atoms with Crippen LogP contribution in [0, 0.1) is 0 Å². The molecular formula is C14H26N2O4. The third-order valence-corrected chi connectivity index (χ3v) is 5.12.